The summed E-state index contributed by atoms with van der Waals surface area (Å²) in [6, 6.07) is 18.1. The van der Waals surface area contributed by atoms with Gasteiger partial charge in [0.1, 0.15) is 0 Å². The van der Waals surface area contributed by atoms with Gasteiger partial charge in [-0.3, -0.25) is 0 Å². The molecule has 3 aliphatic rings. The van der Waals surface area contributed by atoms with Crippen LogP contribution in [0.3, 0.4) is 0 Å². The van der Waals surface area contributed by atoms with Crippen LogP contribution in [0, 0.1) is 0 Å². The maximum absolute atomic E-state index is 6.20. The van der Waals surface area contributed by atoms with Gasteiger partial charge in [-0.15, -0.1) is 0 Å². The van der Waals surface area contributed by atoms with E-state index < -0.39 is 0 Å². The molecule has 0 amide bonds. The van der Waals surface area contributed by atoms with Crippen LogP contribution in [-0.4, -0.2) is 36.6 Å². The molecule has 0 aromatic heterocycles. The first-order valence-electron chi connectivity index (χ1n) is 13.0. The van der Waals surface area contributed by atoms with Crippen LogP contribution in [0.25, 0.3) is 0 Å². The summed E-state index contributed by atoms with van der Waals surface area (Å²) in [6.07, 6.45) is 2.22. The van der Waals surface area contributed by atoms with Crippen LogP contribution in [0.2, 0.25) is 0 Å². The molecular weight excluding hydrogens is 436 g/mol. The third-order valence-corrected chi connectivity index (χ3v) is 8.87. The van der Waals surface area contributed by atoms with E-state index in [-0.39, 0.29) is 36.6 Å². The number of rotatable bonds is 4. The Labute approximate surface area is 211 Å². The van der Waals surface area contributed by atoms with Gasteiger partial charge in [-0.1, -0.05) is 48.5 Å². The predicted molar refractivity (Wildman–Crippen MR) is 142 cm³/mol. The molecule has 3 fully saturated rings. The van der Waals surface area contributed by atoms with Crippen molar-refractivity contribution in [2.24, 2.45) is 0 Å². The largest absolute Gasteiger partial charge is 0.494 e. The van der Waals surface area contributed by atoms with Crippen LogP contribution in [0.1, 0.15) is 91.4 Å². The Bertz CT molecular complexity index is 948. The summed E-state index contributed by atoms with van der Waals surface area (Å²) in [6.45, 7) is 16.7. The van der Waals surface area contributed by atoms with Gasteiger partial charge in [-0.05, 0) is 90.3 Å². The van der Waals surface area contributed by atoms with Gasteiger partial charge in [0.2, 0.25) is 0 Å². The van der Waals surface area contributed by atoms with Crippen molar-refractivity contribution in [1.82, 2.24) is 5.32 Å². The van der Waals surface area contributed by atoms with Crippen LogP contribution in [-0.2, 0) is 18.6 Å². The minimum absolute atomic E-state index is 0.319. The standard InChI is InChI=1S/C28H39B2NO4/c1-25(2)26(3,4)33-29(32-25)21-13-9-19(10-14-21)23-17-18-24(31-23)20-11-15-22(16-12-20)30-34-27(5,6)28(7,8)35-30/h9-16,23-24,31H,17-18H2,1-8H3. The first-order valence-corrected chi connectivity index (χ1v) is 13.0. The van der Waals surface area contributed by atoms with Crippen LogP contribution in [0.5, 0.6) is 0 Å². The van der Waals surface area contributed by atoms with E-state index in [0.29, 0.717) is 12.1 Å². The Balaban J connectivity index is 1.21. The molecule has 0 bridgehead atoms. The molecule has 5 nitrogen and oxygen atoms in total. The van der Waals surface area contributed by atoms with E-state index in [1.807, 2.05) is 0 Å². The summed E-state index contributed by atoms with van der Waals surface area (Å²) in [7, 11) is -0.637. The minimum atomic E-state index is -0.325. The lowest BCUT2D eigenvalue weighted by Crippen LogP contribution is -2.41. The maximum atomic E-state index is 6.20. The van der Waals surface area contributed by atoms with Crippen molar-refractivity contribution in [2.75, 3.05) is 0 Å². The molecule has 0 aliphatic carbocycles. The summed E-state index contributed by atoms with van der Waals surface area (Å²) in [5, 5.41) is 3.83. The van der Waals surface area contributed by atoms with E-state index in [0.717, 1.165) is 23.8 Å². The highest BCUT2D eigenvalue weighted by atomic mass is 16.7. The predicted octanol–water partition coefficient (Wildman–Crippen LogP) is 4.45. The van der Waals surface area contributed by atoms with Crippen LogP contribution in [0.15, 0.2) is 48.5 Å². The first kappa shape index (κ1) is 25.0. The molecule has 3 saturated heterocycles. The highest BCUT2D eigenvalue weighted by Crippen LogP contribution is 2.38. The topological polar surface area (TPSA) is 49.0 Å². The molecule has 3 heterocycles. The second-order valence-corrected chi connectivity index (χ2v) is 12.4. The number of hydrogen-bond acceptors (Lipinski definition) is 5. The van der Waals surface area contributed by atoms with E-state index in [4.69, 9.17) is 18.6 Å². The Morgan fingerprint density at radius 3 is 1.11 bits per heavy atom. The van der Waals surface area contributed by atoms with Crippen molar-refractivity contribution >= 4 is 25.2 Å². The second kappa shape index (κ2) is 8.46. The van der Waals surface area contributed by atoms with E-state index in [9.17, 15) is 0 Å². The van der Waals surface area contributed by atoms with E-state index >= 15 is 0 Å². The van der Waals surface area contributed by atoms with Crippen molar-refractivity contribution in [1.29, 1.82) is 0 Å². The fourth-order valence-corrected chi connectivity index (χ4v) is 5.00. The molecule has 0 saturated carbocycles. The third-order valence-electron chi connectivity index (χ3n) is 8.87. The zero-order valence-corrected chi connectivity index (χ0v) is 22.5. The second-order valence-electron chi connectivity index (χ2n) is 12.4. The van der Waals surface area contributed by atoms with Crippen LogP contribution >= 0.6 is 0 Å². The van der Waals surface area contributed by atoms with Gasteiger partial charge in [0, 0.05) is 12.1 Å². The lowest BCUT2D eigenvalue weighted by atomic mass is 9.78. The van der Waals surface area contributed by atoms with Crippen molar-refractivity contribution < 1.29 is 18.6 Å². The molecule has 1 N–H and O–H groups in total. The summed E-state index contributed by atoms with van der Waals surface area (Å²) >= 11 is 0. The van der Waals surface area contributed by atoms with Crippen molar-refractivity contribution in [2.45, 2.75) is 103 Å². The third kappa shape index (κ3) is 4.51. The fraction of sp³-hybridized carbons (Fsp3) is 0.571. The van der Waals surface area contributed by atoms with Crippen molar-refractivity contribution in [3.63, 3.8) is 0 Å². The van der Waals surface area contributed by atoms with Crippen molar-refractivity contribution in [3.8, 4) is 0 Å². The molecular formula is C28H39B2NO4. The average molecular weight is 475 g/mol. The molecule has 2 aromatic rings. The highest BCUT2D eigenvalue weighted by molar-refractivity contribution is 6.62. The zero-order chi connectivity index (χ0) is 25.2. The zero-order valence-electron chi connectivity index (χ0n) is 22.5. The molecule has 35 heavy (non-hydrogen) atoms. The van der Waals surface area contributed by atoms with E-state index in [1.54, 1.807) is 0 Å². The SMILES string of the molecule is CC1(C)OB(c2ccc(C3CCC(c4ccc(B5OC(C)(C)C(C)(C)O5)cc4)N3)cc2)OC1(C)C. The lowest BCUT2D eigenvalue weighted by molar-refractivity contribution is 0.00578. The maximum Gasteiger partial charge on any atom is 0.494 e. The molecule has 0 radical (unpaired) electrons. The molecule has 3 aliphatic heterocycles. The molecule has 5 rings (SSSR count). The molecule has 2 unspecified atom stereocenters. The van der Waals surface area contributed by atoms with Crippen LogP contribution < -0.4 is 16.2 Å². The first-order chi connectivity index (χ1) is 16.3. The van der Waals surface area contributed by atoms with Crippen LogP contribution in [0.4, 0.5) is 0 Å². The number of benzene rings is 2. The number of hydrogen-bond donors (Lipinski definition) is 1. The smallest absolute Gasteiger partial charge is 0.399 e. The summed E-state index contributed by atoms with van der Waals surface area (Å²) < 4.78 is 24.8. The van der Waals surface area contributed by atoms with Gasteiger partial charge in [0.05, 0.1) is 22.4 Å². The Hall–Kier alpha value is -1.63. The van der Waals surface area contributed by atoms with Gasteiger partial charge < -0.3 is 23.9 Å². The van der Waals surface area contributed by atoms with Gasteiger partial charge in [-0.2, -0.15) is 0 Å². The van der Waals surface area contributed by atoms with Gasteiger partial charge in [0.25, 0.3) is 0 Å². The summed E-state index contributed by atoms with van der Waals surface area (Å²) in [4.78, 5) is 0. The average Bonchev–Trinajstić information content (AvgIpc) is 3.41. The van der Waals surface area contributed by atoms with Gasteiger partial charge >= 0.3 is 14.2 Å². The monoisotopic (exact) mass is 475 g/mol. The van der Waals surface area contributed by atoms with E-state index in [1.165, 1.54) is 11.1 Å². The molecule has 186 valence electrons. The summed E-state index contributed by atoms with van der Waals surface area (Å²) in [5.41, 5.74) is 3.45. The molecule has 7 heteroatoms. The minimum Gasteiger partial charge on any atom is -0.399 e. The molecule has 2 atom stereocenters. The molecule has 2 aromatic carbocycles. The van der Waals surface area contributed by atoms with Gasteiger partial charge in [-0.25, -0.2) is 0 Å². The fourth-order valence-electron chi connectivity index (χ4n) is 5.00. The Morgan fingerprint density at radius 1 is 0.543 bits per heavy atom. The number of nitrogens with one attached hydrogen (secondary N) is 1. The Kier molecular flexibility index (Phi) is 6.05. The van der Waals surface area contributed by atoms with E-state index in [2.05, 4.69) is 109 Å². The quantitative estimate of drug-likeness (QED) is 0.663. The highest BCUT2D eigenvalue weighted by Gasteiger charge is 2.52. The Morgan fingerprint density at radius 2 is 0.829 bits per heavy atom. The lowest BCUT2D eigenvalue weighted by Gasteiger charge is -2.32. The van der Waals surface area contributed by atoms with Crippen molar-refractivity contribution in [3.05, 3.63) is 59.7 Å². The molecule has 0 spiro atoms. The van der Waals surface area contributed by atoms with Gasteiger partial charge in [0.15, 0.2) is 0 Å². The normalized spacial score (nSPS) is 28.6. The summed E-state index contributed by atoms with van der Waals surface area (Å²) in [5.74, 6) is 0.